The Morgan fingerprint density at radius 3 is 2.45 bits per heavy atom. The highest BCUT2D eigenvalue weighted by molar-refractivity contribution is 6.35. The lowest BCUT2D eigenvalue weighted by Gasteiger charge is -2.18. The summed E-state index contributed by atoms with van der Waals surface area (Å²) >= 11 is 18.1. The lowest BCUT2D eigenvalue weighted by molar-refractivity contribution is 0.545. The number of nitrogens with two attached hydrogens (primary N) is 1. The van der Waals surface area contributed by atoms with Crippen molar-refractivity contribution in [3.8, 4) is 0 Å². The van der Waals surface area contributed by atoms with E-state index in [2.05, 4.69) is 5.43 Å². The first-order valence-electron chi connectivity index (χ1n) is 5.86. The van der Waals surface area contributed by atoms with E-state index in [-0.39, 0.29) is 11.9 Å². The second kappa shape index (κ2) is 6.74. The number of hydrogen-bond acceptors (Lipinski definition) is 2. The molecule has 0 fully saturated rings. The van der Waals surface area contributed by atoms with Crippen molar-refractivity contribution in [2.24, 2.45) is 5.84 Å². The number of nitrogens with one attached hydrogen (secondary N) is 1. The highest BCUT2D eigenvalue weighted by atomic mass is 35.5. The Balaban J connectivity index is 2.31. The van der Waals surface area contributed by atoms with Crippen LogP contribution < -0.4 is 11.3 Å². The van der Waals surface area contributed by atoms with Crippen LogP contribution in [0.15, 0.2) is 36.4 Å². The van der Waals surface area contributed by atoms with Crippen LogP contribution in [0.25, 0.3) is 0 Å². The molecule has 3 N–H and O–H groups in total. The fourth-order valence-corrected chi connectivity index (χ4v) is 2.68. The molecule has 0 saturated carbocycles. The van der Waals surface area contributed by atoms with Crippen LogP contribution in [0.2, 0.25) is 15.1 Å². The molecule has 0 spiro atoms. The van der Waals surface area contributed by atoms with Crippen LogP contribution in [0.5, 0.6) is 0 Å². The number of benzene rings is 2. The molecule has 0 bridgehead atoms. The third-order valence-corrected chi connectivity index (χ3v) is 3.90. The average Bonchev–Trinajstić information content (AvgIpc) is 2.41. The smallest absolute Gasteiger partial charge is 0.123 e. The molecular formula is C14H12Cl3FN2. The summed E-state index contributed by atoms with van der Waals surface area (Å²) in [6.45, 7) is 0. The summed E-state index contributed by atoms with van der Waals surface area (Å²) in [6.07, 6.45) is 0.468. The van der Waals surface area contributed by atoms with Gasteiger partial charge in [0.2, 0.25) is 0 Å². The molecule has 2 aromatic rings. The van der Waals surface area contributed by atoms with Gasteiger partial charge in [0.05, 0.1) is 6.04 Å². The molecule has 0 amide bonds. The van der Waals surface area contributed by atoms with Crippen LogP contribution in [0, 0.1) is 5.82 Å². The van der Waals surface area contributed by atoms with Gasteiger partial charge in [-0.25, -0.2) is 4.39 Å². The summed E-state index contributed by atoms with van der Waals surface area (Å²) in [5, 5.41) is 1.53. The fraction of sp³-hybridized carbons (Fsp3) is 0.143. The van der Waals surface area contributed by atoms with Gasteiger partial charge in [0.1, 0.15) is 5.82 Å². The minimum atomic E-state index is -0.369. The Bertz CT molecular complexity index is 619. The lowest BCUT2D eigenvalue weighted by atomic mass is 9.99. The summed E-state index contributed by atoms with van der Waals surface area (Å²) in [5.74, 6) is 5.18. The zero-order valence-electron chi connectivity index (χ0n) is 10.3. The molecule has 1 unspecified atom stereocenters. The SMILES string of the molecule is NNC(Cc1ccc(Cl)cc1Cl)c1cc(F)ccc1Cl. The van der Waals surface area contributed by atoms with Gasteiger partial charge in [0, 0.05) is 15.1 Å². The second-order valence-corrected chi connectivity index (χ2v) is 5.58. The molecule has 2 aromatic carbocycles. The molecule has 0 saturated heterocycles. The van der Waals surface area contributed by atoms with Gasteiger partial charge in [-0.05, 0) is 47.9 Å². The maximum absolute atomic E-state index is 13.3. The first-order chi connectivity index (χ1) is 9.51. The highest BCUT2D eigenvalue weighted by Crippen LogP contribution is 2.29. The van der Waals surface area contributed by atoms with Gasteiger partial charge >= 0.3 is 0 Å². The molecule has 2 nitrogen and oxygen atoms in total. The monoisotopic (exact) mass is 332 g/mol. The summed E-state index contributed by atoms with van der Waals surface area (Å²) in [7, 11) is 0. The number of halogens is 4. The molecule has 0 heterocycles. The molecule has 20 heavy (non-hydrogen) atoms. The zero-order chi connectivity index (χ0) is 14.7. The van der Waals surface area contributed by atoms with Crippen molar-refractivity contribution in [3.63, 3.8) is 0 Å². The Hall–Kier alpha value is -0.840. The summed E-state index contributed by atoms with van der Waals surface area (Å²) in [6, 6.07) is 9.01. The molecule has 106 valence electrons. The third kappa shape index (κ3) is 3.62. The number of hydrogen-bond donors (Lipinski definition) is 2. The molecule has 1 atom stereocenters. The van der Waals surface area contributed by atoms with E-state index in [1.54, 1.807) is 12.1 Å². The minimum absolute atomic E-state index is 0.350. The average molecular weight is 334 g/mol. The molecule has 0 aromatic heterocycles. The van der Waals surface area contributed by atoms with E-state index in [0.717, 1.165) is 5.56 Å². The van der Waals surface area contributed by atoms with Crippen LogP contribution >= 0.6 is 34.8 Å². The predicted molar refractivity (Wildman–Crippen MR) is 81.6 cm³/mol. The van der Waals surface area contributed by atoms with Gasteiger partial charge in [-0.3, -0.25) is 11.3 Å². The van der Waals surface area contributed by atoms with Gasteiger partial charge < -0.3 is 0 Å². The van der Waals surface area contributed by atoms with Crippen molar-refractivity contribution in [3.05, 3.63) is 68.4 Å². The molecule has 0 aliphatic rings. The Morgan fingerprint density at radius 2 is 1.80 bits per heavy atom. The Kier molecular flexibility index (Phi) is 5.24. The third-order valence-electron chi connectivity index (χ3n) is 2.97. The topological polar surface area (TPSA) is 38.0 Å². The molecule has 0 aliphatic carbocycles. The fourth-order valence-electron chi connectivity index (χ4n) is 1.95. The van der Waals surface area contributed by atoms with Gasteiger partial charge in [-0.1, -0.05) is 40.9 Å². The maximum atomic E-state index is 13.3. The maximum Gasteiger partial charge on any atom is 0.123 e. The van der Waals surface area contributed by atoms with Crippen LogP contribution in [-0.2, 0) is 6.42 Å². The van der Waals surface area contributed by atoms with Crippen molar-refractivity contribution < 1.29 is 4.39 Å². The van der Waals surface area contributed by atoms with Crippen LogP contribution in [0.4, 0.5) is 4.39 Å². The van der Waals surface area contributed by atoms with Gasteiger partial charge in [0.15, 0.2) is 0 Å². The van der Waals surface area contributed by atoms with E-state index >= 15 is 0 Å². The quantitative estimate of drug-likeness (QED) is 0.637. The van der Waals surface area contributed by atoms with Crippen molar-refractivity contribution in [2.75, 3.05) is 0 Å². The van der Waals surface area contributed by atoms with Gasteiger partial charge in [0.25, 0.3) is 0 Å². The van der Waals surface area contributed by atoms with E-state index in [1.807, 2.05) is 6.07 Å². The summed E-state index contributed by atoms with van der Waals surface area (Å²) in [5.41, 5.74) is 4.06. The van der Waals surface area contributed by atoms with Crippen molar-refractivity contribution in [1.29, 1.82) is 0 Å². The van der Waals surface area contributed by atoms with Crippen LogP contribution in [-0.4, -0.2) is 0 Å². The standard InChI is InChI=1S/C14H12Cl3FN2/c15-9-2-1-8(13(17)6-9)5-14(20-19)11-7-10(18)3-4-12(11)16/h1-4,6-7,14,20H,5,19H2. The van der Waals surface area contributed by atoms with Crippen molar-refractivity contribution in [2.45, 2.75) is 12.5 Å². The van der Waals surface area contributed by atoms with Crippen molar-refractivity contribution in [1.82, 2.24) is 5.43 Å². The van der Waals surface area contributed by atoms with Crippen LogP contribution in [0.1, 0.15) is 17.2 Å². The zero-order valence-corrected chi connectivity index (χ0v) is 12.6. The predicted octanol–water partition coefficient (Wildman–Crippen LogP) is 4.53. The number of rotatable bonds is 4. The second-order valence-electron chi connectivity index (χ2n) is 4.32. The molecule has 2 rings (SSSR count). The van der Waals surface area contributed by atoms with Crippen molar-refractivity contribution >= 4 is 34.8 Å². The largest absolute Gasteiger partial charge is 0.271 e. The van der Waals surface area contributed by atoms with E-state index in [9.17, 15) is 4.39 Å². The molecular weight excluding hydrogens is 322 g/mol. The molecule has 0 aliphatic heterocycles. The van der Waals surface area contributed by atoms with Gasteiger partial charge in [-0.15, -0.1) is 0 Å². The summed E-state index contributed by atoms with van der Waals surface area (Å²) in [4.78, 5) is 0. The van der Waals surface area contributed by atoms with Gasteiger partial charge in [-0.2, -0.15) is 0 Å². The van der Waals surface area contributed by atoms with E-state index in [0.29, 0.717) is 27.1 Å². The van der Waals surface area contributed by atoms with E-state index < -0.39 is 0 Å². The van der Waals surface area contributed by atoms with Crippen LogP contribution in [0.3, 0.4) is 0 Å². The first kappa shape index (κ1) is 15.5. The molecule has 6 heteroatoms. The number of hydrazine groups is 1. The minimum Gasteiger partial charge on any atom is -0.271 e. The Morgan fingerprint density at radius 1 is 1.05 bits per heavy atom. The summed E-state index contributed by atoms with van der Waals surface area (Å²) < 4.78 is 13.3. The van der Waals surface area contributed by atoms with E-state index in [4.69, 9.17) is 40.6 Å². The first-order valence-corrected chi connectivity index (χ1v) is 6.99. The Labute approximate surface area is 131 Å². The normalized spacial score (nSPS) is 12.4. The molecule has 0 radical (unpaired) electrons. The highest BCUT2D eigenvalue weighted by Gasteiger charge is 2.16. The lowest BCUT2D eigenvalue weighted by Crippen LogP contribution is -2.30. The van der Waals surface area contributed by atoms with E-state index in [1.165, 1.54) is 18.2 Å².